The molecule has 1 aliphatic rings. The largest absolute Gasteiger partial charge is 0.396 e. The number of para-hydroxylation sites is 1. The number of nitrogens with two attached hydrogens (primary N) is 1. The summed E-state index contributed by atoms with van der Waals surface area (Å²) in [6.45, 7) is 0. The van der Waals surface area contributed by atoms with Crippen LogP contribution in [0.2, 0.25) is 0 Å². The molecule has 0 amide bonds. The number of aliphatic hydroxyl groups is 1. The number of hydrogen-bond acceptors (Lipinski definition) is 5. The molecule has 0 unspecified atom stereocenters. The van der Waals surface area contributed by atoms with E-state index >= 15 is 0 Å². The number of aliphatic hydroxyl groups excluding tert-OH is 1. The van der Waals surface area contributed by atoms with Crippen LogP contribution in [0.15, 0.2) is 23.1 Å². The van der Waals surface area contributed by atoms with Crippen LogP contribution in [-0.4, -0.2) is 44.1 Å². The summed E-state index contributed by atoms with van der Waals surface area (Å²) < 4.78 is 25.3. The van der Waals surface area contributed by atoms with E-state index in [9.17, 15) is 13.5 Å². The standard InChI is InChI=1S/C12H19N3O3S/c1-15(2)19(17,18)11-5-3-4-10(12(11)13)14-8-6-9(16)7-8/h3-5,8-9,14,16H,6-7,13H2,1-2H3. The molecule has 0 aromatic heterocycles. The monoisotopic (exact) mass is 285 g/mol. The van der Waals surface area contributed by atoms with Gasteiger partial charge in [0.05, 0.1) is 17.5 Å². The molecular weight excluding hydrogens is 266 g/mol. The quantitative estimate of drug-likeness (QED) is 0.698. The lowest BCUT2D eigenvalue weighted by Crippen LogP contribution is -2.39. The van der Waals surface area contributed by atoms with Crippen molar-refractivity contribution in [1.82, 2.24) is 4.31 Å². The Morgan fingerprint density at radius 3 is 2.53 bits per heavy atom. The van der Waals surface area contributed by atoms with E-state index in [0.29, 0.717) is 18.5 Å². The number of benzene rings is 1. The molecule has 0 bridgehead atoms. The minimum Gasteiger partial charge on any atom is -0.396 e. The van der Waals surface area contributed by atoms with Crippen LogP contribution in [0.1, 0.15) is 12.8 Å². The third-order valence-corrected chi connectivity index (χ3v) is 5.17. The van der Waals surface area contributed by atoms with E-state index in [4.69, 9.17) is 5.73 Å². The summed E-state index contributed by atoms with van der Waals surface area (Å²) in [6, 6.07) is 5.04. The Bertz CT molecular complexity index is 566. The van der Waals surface area contributed by atoms with Gasteiger partial charge in [-0.2, -0.15) is 0 Å². The first-order chi connectivity index (χ1) is 8.82. The number of rotatable bonds is 4. The van der Waals surface area contributed by atoms with Gasteiger partial charge in [0.15, 0.2) is 0 Å². The van der Waals surface area contributed by atoms with Crippen LogP contribution in [0.4, 0.5) is 11.4 Å². The Morgan fingerprint density at radius 1 is 1.37 bits per heavy atom. The number of anilines is 2. The minimum atomic E-state index is -3.55. The van der Waals surface area contributed by atoms with Gasteiger partial charge in [0.2, 0.25) is 10.0 Å². The first kappa shape index (κ1) is 14.1. The summed E-state index contributed by atoms with van der Waals surface area (Å²) in [5.41, 5.74) is 6.76. The molecule has 0 radical (unpaired) electrons. The summed E-state index contributed by atoms with van der Waals surface area (Å²) in [7, 11) is -0.608. The molecule has 0 atom stereocenters. The van der Waals surface area contributed by atoms with Gasteiger partial charge >= 0.3 is 0 Å². The number of nitrogens with zero attached hydrogens (tertiary/aromatic N) is 1. The van der Waals surface area contributed by atoms with Crippen molar-refractivity contribution in [3.8, 4) is 0 Å². The van der Waals surface area contributed by atoms with Crippen LogP contribution in [0.3, 0.4) is 0 Å². The van der Waals surface area contributed by atoms with E-state index in [1.165, 1.54) is 20.2 Å². The fraction of sp³-hybridized carbons (Fsp3) is 0.500. The molecule has 1 aromatic carbocycles. The zero-order valence-electron chi connectivity index (χ0n) is 11.0. The van der Waals surface area contributed by atoms with Crippen molar-refractivity contribution in [2.75, 3.05) is 25.1 Å². The highest BCUT2D eigenvalue weighted by Gasteiger charge is 2.28. The van der Waals surface area contributed by atoms with Gasteiger partial charge < -0.3 is 16.2 Å². The van der Waals surface area contributed by atoms with E-state index < -0.39 is 10.0 Å². The molecule has 1 fully saturated rings. The first-order valence-corrected chi connectivity index (χ1v) is 7.52. The summed E-state index contributed by atoms with van der Waals surface area (Å²) in [5, 5.41) is 12.4. The van der Waals surface area contributed by atoms with E-state index in [1.807, 2.05) is 0 Å². The molecule has 0 spiro atoms. The summed E-state index contributed by atoms with van der Waals surface area (Å²) in [4.78, 5) is 0.0994. The van der Waals surface area contributed by atoms with E-state index in [0.717, 1.165) is 4.31 Å². The Balaban J connectivity index is 2.28. The Morgan fingerprint density at radius 2 is 2.00 bits per heavy atom. The average Bonchev–Trinajstić information content (AvgIpc) is 2.29. The summed E-state index contributed by atoms with van der Waals surface area (Å²) >= 11 is 0. The Kier molecular flexibility index (Phi) is 3.71. The van der Waals surface area contributed by atoms with E-state index in [2.05, 4.69) is 5.32 Å². The van der Waals surface area contributed by atoms with Crippen LogP contribution in [0, 0.1) is 0 Å². The predicted molar refractivity (Wildman–Crippen MR) is 74.4 cm³/mol. The van der Waals surface area contributed by atoms with E-state index in [-0.39, 0.29) is 22.7 Å². The maximum atomic E-state index is 12.1. The lowest BCUT2D eigenvalue weighted by atomic mass is 9.89. The van der Waals surface area contributed by atoms with Crippen LogP contribution < -0.4 is 11.1 Å². The molecular formula is C12H19N3O3S. The maximum Gasteiger partial charge on any atom is 0.244 e. The number of hydrogen-bond donors (Lipinski definition) is 3. The van der Waals surface area contributed by atoms with Gasteiger partial charge in [0, 0.05) is 20.1 Å². The van der Waals surface area contributed by atoms with Gasteiger partial charge in [-0.05, 0) is 25.0 Å². The van der Waals surface area contributed by atoms with Crippen molar-refractivity contribution in [2.45, 2.75) is 29.9 Å². The van der Waals surface area contributed by atoms with Crippen LogP contribution >= 0.6 is 0 Å². The van der Waals surface area contributed by atoms with Gasteiger partial charge in [0.25, 0.3) is 0 Å². The van der Waals surface area contributed by atoms with Crippen molar-refractivity contribution < 1.29 is 13.5 Å². The topological polar surface area (TPSA) is 95.7 Å². The third kappa shape index (κ3) is 2.68. The molecule has 1 saturated carbocycles. The van der Waals surface area contributed by atoms with Crippen molar-refractivity contribution in [3.63, 3.8) is 0 Å². The van der Waals surface area contributed by atoms with Crippen molar-refractivity contribution in [2.24, 2.45) is 0 Å². The lowest BCUT2D eigenvalue weighted by Gasteiger charge is -2.33. The van der Waals surface area contributed by atoms with Crippen LogP contribution in [-0.2, 0) is 10.0 Å². The molecule has 106 valence electrons. The van der Waals surface area contributed by atoms with Gasteiger partial charge in [0.1, 0.15) is 4.90 Å². The highest BCUT2D eigenvalue weighted by Crippen LogP contribution is 2.31. The second-order valence-electron chi connectivity index (χ2n) is 4.97. The maximum absolute atomic E-state index is 12.1. The predicted octanol–water partition coefficient (Wildman–Crippen LogP) is 0.454. The molecule has 0 aliphatic heterocycles. The SMILES string of the molecule is CN(C)S(=O)(=O)c1cccc(NC2CC(O)C2)c1N. The highest BCUT2D eigenvalue weighted by atomic mass is 32.2. The average molecular weight is 285 g/mol. The highest BCUT2D eigenvalue weighted by molar-refractivity contribution is 7.89. The summed E-state index contributed by atoms with van der Waals surface area (Å²) in [6.07, 6.45) is 1.04. The van der Waals surface area contributed by atoms with Gasteiger partial charge in [-0.25, -0.2) is 12.7 Å². The Hall–Kier alpha value is -1.31. The van der Waals surface area contributed by atoms with Gasteiger partial charge in [-0.3, -0.25) is 0 Å². The number of nitrogens with one attached hydrogen (secondary N) is 1. The van der Waals surface area contributed by atoms with Gasteiger partial charge in [-0.1, -0.05) is 6.07 Å². The fourth-order valence-electron chi connectivity index (χ4n) is 2.02. The van der Waals surface area contributed by atoms with Gasteiger partial charge in [-0.15, -0.1) is 0 Å². The second kappa shape index (κ2) is 4.99. The smallest absolute Gasteiger partial charge is 0.244 e. The van der Waals surface area contributed by atoms with Crippen molar-refractivity contribution in [1.29, 1.82) is 0 Å². The summed E-state index contributed by atoms with van der Waals surface area (Å²) in [5.74, 6) is 0. The molecule has 6 nitrogen and oxygen atoms in total. The zero-order valence-corrected chi connectivity index (χ0v) is 11.8. The van der Waals surface area contributed by atoms with Crippen LogP contribution in [0.5, 0.6) is 0 Å². The van der Waals surface area contributed by atoms with Crippen molar-refractivity contribution in [3.05, 3.63) is 18.2 Å². The molecule has 1 aromatic rings. The number of sulfonamides is 1. The lowest BCUT2D eigenvalue weighted by molar-refractivity contribution is 0.0837. The van der Waals surface area contributed by atoms with Crippen molar-refractivity contribution >= 4 is 21.4 Å². The second-order valence-corrected chi connectivity index (χ2v) is 7.09. The first-order valence-electron chi connectivity index (χ1n) is 6.08. The van der Waals surface area contributed by atoms with Crippen LogP contribution in [0.25, 0.3) is 0 Å². The van der Waals surface area contributed by atoms with E-state index in [1.54, 1.807) is 12.1 Å². The minimum absolute atomic E-state index is 0.0994. The molecule has 0 heterocycles. The molecule has 19 heavy (non-hydrogen) atoms. The molecule has 1 aliphatic carbocycles. The number of nitrogen functional groups attached to an aromatic ring is 1. The normalized spacial score (nSPS) is 23.2. The molecule has 2 rings (SSSR count). The zero-order chi connectivity index (χ0) is 14.2. The molecule has 7 heteroatoms. The Labute approximate surface area is 113 Å². The fourth-order valence-corrected chi connectivity index (χ4v) is 3.05. The third-order valence-electron chi connectivity index (χ3n) is 3.30. The molecule has 4 N–H and O–H groups in total. The molecule has 0 saturated heterocycles.